The van der Waals surface area contributed by atoms with Crippen LogP contribution in [0.4, 0.5) is 0 Å². The van der Waals surface area contributed by atoms with Crippen molar-refractivity contribution >= 4 is 0 Å². The van der Waals surface area contributed by atoms with Crippen LogP contribution in [0.3, 0.4) is 0 Å². The summed E-state index contributed by atoms with van der Waals surface area (Å²) in [5.74, 6) is 2.38. The zero-order valence-corrected chi connectivity index (χ0v) is 13.0. The minimum Gasteiger partial charge on any atom is -0.504 e. The maximum atomic E-state index is 9.66. The van der Waals surface area contributed by atoms with Crippen LogP contribution < -0.4 is 10.1 Å². The van der Waals surface area contributed by atoms with E-state index in [-0.39, 0.29) is 11.8 Å². The number of methoxy groups -OCH3 is 1. The number of hydrogen-bond donors (Lipinski definition) is 2. The Balaban J connectivity index is 1.99. The number of phenolic OH excluding ortho intramolecular Hbond substituents is 1. The van der Waals surface area contributed by atoms with Gasteiger partial charge in [0.25, 0.3) is 0 Å². The van der Waals surface area contributed by atoms with Gasteiger partial charge in [0.05, 0.1) is 7.11 Å². The molecule has 4 unspecified atom stereocenters. The predicted molar refractivity (Wildman–Crippen MR) is 82.2 cm³/mol. The van der Waals surface area contributed by atoms with Crippen molar-refractivity contribution in [2.45, 2.75) is 52.1 Å². The Morgan fingerprint density at radius 2 is 2.00 bits per heavy atom. The molecule has 0 bridgehead atoms. The first-order valence-electron chi connectivity index (χ1n) is 7.64. The molecule has 20 heavy (non-hydrogen) atoms. The summed E-state index contributed by atoms with van der Waals surface area (Å²) in [5.41, 5.74) is 1.16. The fourth-order valence-electron chi connectivity index (χ4n) is 3.11. The van der Waals surface area contributed by atoms with E-state index in [1.54, 1.807) is 13.2 Å². The van der Waals surface area contributed by atoms with Crippen molar-refractivity contribution in [1.82, 2.24) is 5.32 Å². The average molecular weight is 277 g/mol. The van der Waals surface area contributed by atoms with Gasteiger partial charge < -0.3 is 15.2 Å². The average Bonchev–Trinajstić information content (AvgIpc) is 2.43. The lowest BCUT2D eigenvalue weighted by Crippen LogP contribution is -2.37. The fraction of sp³-hybridized carbons (Fsp3) is 0.647. The van der Waals surface area contributed by atoms with Gasteiger partial charge in [-0.3, -0.25) is 0 Å². The molecule has 1 aliphatic rings. The van der Waals surface area contributed by atoms with E-state index in [9.17, 15) is 5.11 Å². The number of aromatic hydroxyl groups is 1. The minimum absolute atomic E-state index is 0.198. The molecule has 0 heterocycles. The molecule has 2 rings (SSSR count). The highest BCUT2D eigenvalue weighted by atomic mass is 16.5. The standard InChI is InChI=1S/C17H27NO2/c1-11-5-7-15(9-12(11)2)18-13(3)14-6-8-16(19)17(10-14)20-4/h6,8,10-13,15,18-19H,5,7,9H2,1-4H3. The first-order valence-corrected chi connectivity index (χ1v) is 7.64. The van der Waals surface area contributed by atoms with E-state index >= 15 is 0 Å². The molecule has 112 valence electrons. The highest BCUT2D eigenvalue weighted by molar-refractivity contribution is 5.42. The summed E-state index contributed by atoms with van der Waals surface area (Å²) >= 11 is 0. The molecule has 1 aromatic rings. The Kier molecular flexibility index (Phi) is 4.92. The van der Waals surface area contributed by atoms with Crippen LogP contribution in [-0.4, -0.2) is 18.3 Å². The molecule has 2 N–H and O–H groups in total. The van der Waals surface area contributed by atoms with Crippen molar-refractivity contribution in [1.29, 1.82) is 0 Å². The predicted octanol–water partition coefficient (Wildman–Crippen LogP) is 3.88. The quantitative estimate of drug-likeness (QED) is 0.877. The SMILES string of the molecule is COc1cc(C(C)NC2CCC(C)C(C)C2)ccc1O. The molecule has 4 atom stereocenters. The smallest absolute Gasteiger partial charge is 0.160 e. The maximum absolute atomic E-state index is 9.66. The summed E-state index contributed by atoms with van der Waals surface area (Å²) < 4.78 is 5.18. The lowest BCUT2D eigenvalue weighted by atomic mass is 9.79. The number of ether oxygens (including phenoxy) is 1. The fourth-order valence-corrected chi connectivity index (χ4v) is 3.11. The molecule has 1 aliphatic carbocycles. The third-order valence-electron chi connectivity index (χ3n) is 4.79. The number of rotatable bonds is 4. The second-order valence-electron chi connectivity index (χ2n) is 6.28. The Hall–Kier alpha value is -1.22. The second kappa shape index (κ2) is 6.49. The van der Waals surface area contributed by atoms with Gasteiger partial charge in [0, 0.05) is 12.1 Å². The van der Waals surface area contributed by atoms with Gasteiger partial charge in [-0.25, -0.2) is 0 Å². The molecular weight excluding hydrogens is 250 g/mol. The normalized spacial score (nSPS) is 28.1. The van der Waals surface area contributed by atoms with Gasteiger partial charge in [-0.05, 0) is 55.7 Å². The lowest BCUT2D eigenvalue weighted by molar-refractivity contribution is 0.217. The van der Waals surface area contributed by atoms with Gasteiger partial charge in [0.15, 0.2) is 11.5 Å². The van der Waals surface area contributed by atoms with Crippen molar-refractivity contribution in [2.75, 3.05) is 7.11 Å². The van der Waals surface area contributed by atoms with Crippen LogP contribution in [0.1, 0.15) is 51.6 Å². The van der Waals surface area contributed by atoms with Gasteiger partial charge in [0.1, 0.15) is 0 Å². The minimum atomic E-state index is 0.198. The monoisotopic (exact) mass is 277 g/mol. The molecule has 0 amide bonds. The zero-order valence-electron chi connectivity index (χ0n) is 13.0. The summed E-state index contributed by atoms with van der Waals surface area (Å²) in [7, 11) is 1.58. The molecule has 1 saturated carbocycles. The second-order valence-corrected chi connectivity index (χ2v) is 6.28. The van der Waals surface area contributed by atoms with Gasteiger partial charge in [-0.2, -0.15) is 0 Å². The zero-order chi connectivity index (χ0) is 14.7. The molecule has 3 heteroatoms. The van der Waals surface area contributed by atoms with E-state index in [1.165, 1.54) is 19.3 Å². The molecule has 0 aliphatic heterocycles. The van der Waals surface area contributed by atoms with E-state index in [4.69, 9.17) is 4.74 Å². The molecule has 1 aromatic carbocycles. The third-order valence-corrected chi connectivity index (χ3v) is 4.79. The van der Waals surface area contributed by atoms with E-state index in [0.717, 1.165) is 17.4 Å². The lowest BCUT2D eigenvalue weighted by Gasteiger charge is -2.34. The van der Waals surface area contributed by atoms with E-state index in [2.05, 4.69) is 26.1 Å². The first-order chi connectivity index (χ1) is 9.51. The Labute approximate surface area is 122 Å². The molecule has 0 aromatic heterocycles. The number of phenols is 1. The van der Waals surface area contributed by atoms with Crippen molar-refractivity contribution in [2.24, 2.45) is 11.8 Å². The first kappa shape index (κ1) is 15.2. The van der Waals surface area contributed by atoms with Gasteiger partial charge in [-0.1, -0.05) is 19.9 Å². The van der Waals surface area contributed by atoms with E-state index in [1.807, 2.05) is 12.1 Å². The summed E-state index contributed by atoms with van der Waals surface area (Å²) in [6, 6.07) is 6.45. The highest BCUT2D eigenvalue weighted by Crippen LogP contribution is 2.32. The van der Waals surface area contributed by atoms with Crippen LogP contribution >= 0.6 is 0 Å². The van der Waals surface area contributed by atoms with Crippen LogP contribution in [0.25, 0.3) is 0 Å². The highest BCUT2D eigenvalue weighted by Gasteiger charge is 2.25. The molecule has 0 radical (unpaired) electrons. The van der Waals surface area contributed by atoms with Crippen LogP contribution in [-0.2, 0) is 0 Å². The van der Waals surface area contributed by atoms with Crippen molar-refractivity contribution in [3.05, 3.63) is 23.8 Å². The summed E-state index contributed by atoms with van der Waals surface area (Å²) in [4.78, 5) is 0. The Bertz CT molecular complexity index is 447. The summed E-state index contributed by atoms with van der Waals surface area (Å²) in [5, 5.41) is 13.4. The van der Waals surface area contributed by atoms with Gasteiger partial charge in [-0.15, -0.1) is 0 Å². The van der Waals surface area contributed by atoms with Crippen molar-refractivity contribution < 1.29 is 9.84 Å². The van der Waals surface area contributed by atoms with Gasteiger partial charge in [0.2, 0.25) is 0 Å². The molecular formula is C17H27NO2. The van der Waals surface area contributed by atoms with Crippen molar-refractivity contribution in [3.8, 4) is 11.5 Å². The number of hydrogen-bond acceptors (Lipinski definition) is 3. The topological polar surface area (TPSA) is 41.5 Å². The van der Waals surface area contributed by atoms with Crippen molar-refractivity contribution in [3.63, 3.8) is 0 Å². The summed E-state index contributed by atoms with van der Waals surface area (Å²) in [6.45, 7) is 6.89. The molecule has 0 spiro atoms. The van der Waals surface area contributed by atoms with E-state index < -0.39 is 0 Å². The number of benzene rings is 1. The van der Waals surface area contributed by atoms with Gasteiger partial charge >= 0.3 is 0 Å². The third kappa shape index (κ3) is 3.45. The van der Waals surface area contributed by atoms with E-state index in [0.29, 0.717) is 11.8 Å². The Morgan fingerprint density at radius 1 is 1.25 bits per heavy atom. The van der Waals surface area contributed by atoms with Crippen LogP contribution in [0.5, 0.6) is 11.5 Å². The molecule has 3 nitrogen and oxygen atoms in total. The Morgan fingerprint density at radius 3 is 2.65 bits per heavy atom. The van der Waals surface area contributed by atoms with Crippen LogP contribution in [0.15, 0.2) is 18.2 Å². The number of nitrogens with one attached hydrogen (secondary N) is 1. The largest absolute Gasteiger partial charge is 0.504 e. The van der Waals surface area contributed by atoms with Crippen LogP contribution in [0, 0.1) is 11.8 Å². The maximum Gasteiger partial charge on any atom is 0.160 e. The molecule has 0 saturated heterocycles. The summed E-state index contributed by atoms with van der Waals surface area (Å²) in [6.07, 6.45) is 3.82. The van der Waals surface area contributed by atoms with Crippen LogP contribution in [0.2, 0.25) is 0 Å². The molecule has 1 fully saturated rings.